The van der Waals surface area contributed by atoms with Crippen molar-refractivity contribution in [2.45, 2.75) is 39.2 Å². The number of anilines is 1. The van der Waals surface area contributed by atoms with Crippen LogP contribution in [0.4, 0.5) is 5.82 Å². The molecule has 0 aliphatic carbocycles. The van der Waals surface area contributed by atoms with Gasteiger partial charge in [0, 0.05) is 5.56 Å². The lowest BCUT2D eigenvalue weighted by molar-refractivity contribution is 0.504. The first-order valence-electron chi connectivity index (χ1n) is 5.98. The Morgan fingerprint density at radius 2 is 2.24 bits per heavy atom. The molecule has 1 aliphatic heterocycles. The minimum atomic E-state index is -2.89. The van der Waals surface area contributed by atoms with Crippen LogP contribution in [0, 0.1) is 6.92 Å². The number of sulfone groups is 1. The summed E-state index contributed by atoms with van der Waals surface area (Å²) in [5.74, 6) is 1.06. The number of aryl methyl sites for hydroxylation is 1. The molecule has 1 unspecified atom stereocenters. The molecule has 0 saturated carbocycles. The van der Waals surface area contributed by atoms with E-state index in [0.29, 0.717) is 12.2 Å². The van der Waals surface area contributed by atoms with Gasteiger partial charge in [-0.3, -0.25) is 0 Å². The molecule has 2 rings (SSSR count). The number of nitrogen functional groups attached to an aromatic ring is 1. The molecule has 1 atom stereocenters. The van der Waals surface area contributed by atoms with Crippen LogP contribution in [-0.4, -0.2) is 29.7 Å². The topological polar surface area (TPSA) is 78.0 Å². The first kappa shape index (κ1) is 12.4. The molecule has 1 saturated heterocycles. The number of hydrogen-bond donors (Lipinski definition) is 1. The molecule has 6 heteroatoms. The lowest BCUT2D eigenvalue weighted by Crippen LogP contribution is -2.15. The number of hydrogen-bond acceptors (Lipinski definition) is 4. The van der Waals surface area contributed by atoms with E-state index in [1.165, 1.54) is 0 Å². The van der Waals surface area contributed by atoms with E-state index in [2.05, 4.69) is 12.0 Å². The maximum absolute atomic E-state index is 11.5. The molecular formula is C11H19N3O2S. The van der Waals surface area contributed by atoms with E-state index in [1.807, 2.05) is 6.92 Å². The predicted molar refractivity (Wildman–Crippen MR) is 67.7 cm³/mol. The number of aromatic nitrogens is 2. The number of nitrogens with two attached hydrogens (primary N) is 1. The number of rotatable bonds is 3. The van der Waals surface area contributed by atoms with Crippen LogP contribution in [0.3, 0.4) is 0 Å². The van der Waals surface area contributed by atoms with Crippen molar-refractivity contribution in [3.8, 4) is 0 Å². The summed E-state index contributed by atoms with van der Waals surface area (Å²) < 4.78 is 24.6. The van der Waals surface area contributed by atoms with E-state index < -0.39 is 9.84 Å². The van der Waals surface area contributed by atoms with Crippen molar-refractivity contribution in [2.75, 3.05) is 17.2 Å². The summed E-state index contributed by atoms with van der Waals surface area (Å²) in [6.07, 6.45) is 2.54. The first-order chi connectivity index (χ1) is 7.94. The molecule has 0 bridgehead atoms. The SMILES string of the molecule is CCCc1c(C)nn(C2CCS(=O)(=O)C2)c1N. The van der Waals surface area contributed by atoms with Crippen molar-refractivity contribution < 1.29 is 8.42 Å². The highest BCUT2D eigenvalue weighted by Crippen LogP contribution is 2.28. The van der Waals surface area contributed by atoms with E-state index in [0.717, 1.165) is 24.1 Å². The van der Waals surface area contributed by atoms with E-state index in [4.69, 9.17) is 5.73 Å². The van der Waals surface area contributed by atoms with E-state index >= 15 is 0 Å². The van der Waals surface area contributed by atoms with Gasteiger partial charge in [-0.05, 0) is 19.8 Å². The highest BCUT2D eigenvalue weighted by atomic mass is 32.2. The van der Waals surface area contributed by atoms with Crippen molar-refractivity contribution in [1.29, 1.82) is 0 Å². The second-order valence-electron chi connectivity index (χ2n) is 4.70. The Bertz CT molecular complexity index is 519. The van der Waals surface area contributed by atoms with Crippen LogP contribution < -0.4 is 5.73 Å². The van der Waals surface area contributed by atoms with Crippen LogP contribution >= 0.6 is 0 Å². The summed E-state index contributed by atoms with van der Waals surface area (Å²) in [5, 5.41) is 4.40. The van der Waals surface area contributed by atoms with Crippen molar-refractivity contribution in [3.05, 3.63) is 11.3 Å². The van der Waals surface area contributed by atoms with Crippen molar-refractivity contribution in [3.63, 3.8) is 0 Å². The Labute approximate surface area is 102 Å². The average molecular weight is 257 g/mol. The molecule has 17 heavy (non-hydrogen) atoms. The largest absolute Gasteiger partial charge is 0.384 e. The van der Waals surface area contributed by atoms with Gasteiger partial charge in [-0.15, -0.1) is 0 Å². The fourth-order valence-corrected chi connectivity index (χ4v) is 4.10. The summed E-state index contributed by atoms with van der Waals surface area (Å²) in [7, 11) is -2.89. The standard InChI is InChI=1S/C11H19N3O2S/c1-3-4-10-8(2)13-14(11(10)12)9-5-6-17(15,16)7-9/h9H,3-7,12H2,1-2H3. The zero-order chi connectivity index (χ0) is 12.6. The van der Waals surface area contributed by atoms with Gasteiger partial charge in [0.1, 0.15) is 5.82 Å². The van der Waals surface area contributed by atoms with E-state index in [1.54, 1.807) is 4.68 Å². The summed E-state index contributed by atoms with van der Waals surface area (Å²) in [4.78, 5) is 0. The Hall–Kier alpha value is -1.04. The lowest BCUT2D eigenvalue weighted by atomic mass is 10.1. The molecule has 1 aromatic heterocycles. The van der Waals surface area contributed by atoms with Gasteiger partial charge < -0.3 is 5.73 Å². The second kappa shape index (κ2) is 4.33. The Kier molecular flexibility index (Phi) is 3.16. The van der Waals surface area contributed by atoms with Crippen molar-refractivity contribution >= 4 is 15.7 Å². The van der Waals surface area contributed by atoms with Crippen LogP contribution in [0.1, 0.15) is 37.1 Å². The van der Waals surface area contributed by atoms with Gasteiger partial charge in [-0.1, -0.05) is 13.3 Å². The number of nitrogens with zero attached hydrogens (tertiary/aromatic N) is 2. The van der Waals surface area contributed by atoms with Gasteiger partial charge in [-0.2, -0.15) is 5.10 Å². The molecule has 0 spiro atoms. The maximum atomic E-state index is 11.5. The van der Waals surface area contributed by atoms with Gasteiger partial charge in [0.05, 0.1) is 23.2 Å². The molecule has 0 radical (unpaired) electrons. The summed E-state index contributed by atoms with van der Waals surface area (Å²) in [5.41, 5.74) is 8.06. The van der Waals surface area contributed by atoms with Crippen molar-refractivity contribution in [2.24, 2.45) is 0 Å². The third kappa shape index (κ3) is 2.31. The quantitative estimate of drug-likeness (QED) is 0.879. The molecular weight excluding hydrogens is 238 g/mol. The smallest absolute Gasteiger partial charge is 0.152 e. The van der Waals surface area contributed by atoms with Gasteiger partial charge >= 0.3 is 0 Å². The lowest BCUT2D eigenvalue weighted by Gasteiger charge is -2.10. The van der Waals surface area contributed by atoms with Gasteiger partial charge in [0.25, 0.3) is 0 Å². The van der Waals surface area contributed by atoms with Gasteiger partial charge in [0.15, 0.2) is 9.84 Å². The van der Waals surface area contributed by atoms with Gasteiger partial charge in [0.2, 0.25) is 0 Å². The molecule has 1 fully saturated rings. The highest BCUT2D eigenvalue weighted by Gasteiger charge is 2.31. The highest BCUT2D eigenvalue weighted by molar-refractivity contribution is 7.91. The van der Waals surface area contributed by atoms with Crippen molar-refractivity contribution in [1.82, 2.24) is 9.78 Å². The van der Waals surface area contributed by atoms with Crippen LogP contribution in [0.15, 0.2) is 0 Å². The van der Waals surface area contributed by atoms with Crippen LogP contribution in [0.5, 0.6) is 0 Å². The molecule has 1 aliphatic rings. The molecule has 0 amide bonds. The Morgan fingerprint density at radius 1 is 1.53 bits per heavy atom. The minimum Gasteiger partial charge on any atom is -0.384 e. The first-order valence-corrected chi connectivity index (χ1v) is 7.80. The average Bonchev–Trinajstić information content (AvgIpc) is 2.73. The fraction of sp³-hybridized carbons (Fsp3) is 0.727. The predicted octanol–water partition coefficient (Wildman–Crippen LogP) is 1.09. The van der Waals surface area contributed by atoms with Gasteiger partial charge in [-0.25, -0.2) is 13.1 Å². The molecule has 96 valence electrons. The minimum absolute atomic E-state index is 0.0793. The fourth-order valence-electron chi connectivity index (χ4n) is 2.41. The zero-order valence-corrected chi connectivity index (χ0v) is 11.1. The maximum Gasteiger partial charge on any atom is 0.152 e. The zero-order valence-electron chi connectivity index (χ0n) is 10.3. The van der Waals surface area contributed by atoms with Crippen LogP contribution in [-0.2, 0) is 16.3 Å². The van der Waals surface area contributed by atoms with Crippen LogP contribution in [0.25, 0.3) is 0 Å². The summed E-state index contributed by atoms with van der Waals surface area (Å²) in [6, 6.07) is -0.0793. The second-order valence-corrected chi connectivity index (χ2v) is 6.93. The monoisotopic (exact) mass is 257 g/mol. The Balaban J connectivity index is 2.31. The van der Waals surface area contributed by atoms with E-state index in [9.17, 15) is 8.42 Å². The molecule has 2 heterocycles. The Morgan fingerprint density at radius 3 is 2.76 bits per heavy atom. The molecule has 5 nitrogen and oxygen atoms in total. The third-order valence-corrected chi connectivity index (χ3v) is 5.06. The van der Waals surface area contributed by atoms with Crippen LogP contribution in [0.2, 0.25) is 0 Å². The molecule has 2 N–H and O–H groups in total. The third-order valence-electron chi connectivity index (χ3n) is 3.30. The molecule has 0 aromatic carbocycles. The normalized spacial score (nSPS) is 23.1. The summed E-state index contributed by atoms with van der Waals surface area (Å²) >= 11 is 0. The van der Waals surface area contributed by atoms with E-state index in [-0.39, 0.29) is 17.5 Å². The molecule has 1 aromatic rings. The summed E-state index contributed by atoms with van der Waals surface area (Å²) in [6.45, 7) is 4.03.